The largest absolute Gasteiger partial charge is 0.336 e. The van der Waals surface area contributed by atoms with Gasteiger partial charge in [-0.05, 0) is 56.4 Å². The predicted molar refractivity (Wildman–Crippen MR) is 105 cm³/mol. The molecule has 1 aromatic heterocycles. The maximum atomic E-state index is 13.4. The molecule has 0 N–H and O–H groups in total. The number of carbonyl (C=O) groups is 2. The Morgan fingerprint density at radius 2 is 1.78 bits per heavy atom. The molecule has 0 aliphatic carbocycles. The minimum absolute atomic E-state index is 0.0585. The van der Waals surface area contributed by atoms with Crippen LogP contribution < -0.4 is 4.90 Å². The van der Waals surface area contributed by atoms with Gasteiger partial charge in [-0.3, -0.25) is 14.6 Å². The molecule has 3 heterocycles. The number of likely N-dealkylation sites (tertiary alicyclic amines) is 1. The molecule has 2 aliphatic rings. The molecule has 2 saturated heterocycles. The Labute approximate surface area is 160 Å². The molecule has 2 aromatic rings. The maximum Gasteiger partial charge on any atom is 0.272 e. The molecule has 4 rings (SSSR count). The lowest BCUT2D eigenvalue weighted by Gasteiger charge is -2.47. The number of amides is 2. The highest BCUT2D eigenvalue weighted by molar-refractivity contribution is 6.00. The smallest absolute Gasteiger partial charge is 0.272 e. The normalized spacial score (nSPS) is 22.9. The predicted octanol–water partition coefficient (Wildman–Crippen LogP) is 3.44. The molecule has 0 saturated carbocycles. The van der Waals surface area contributed by atoms with E-state index in [1.165, 1.54) is 0 Å². The topological polar surface area (TPSA) is 53.5 Å². The Morgan fingerprint density at radius 1 is 1.04 bits per heavy atom. The molecule has 27 heavy (non-hydrogen) atoms. The second kappa shape index (κ2) is 7.14. The van der Waals surface area contributed by atoms with Crippen LogP contribution in [0, 0.1) is 12.3 Å². The molecule has 5 heteroatoms. The van der Waals surface area contributed by atoms with Crippen LogP contribution in [0.1, 0.15) is 41.7 Å². The van der Waals surface area contributed by atoms with Gasteiger partial charge in [0, 0.05) is 31.5 Å². The van der Waals surface area contributed by atoms with Crippen molar-refractivity contribution in [3.63, 3.8) is 0 Å². The zero-order chi connectivity index (χ0) is 18.9. The molecule has 2 amide bonds. The third kappa shape index (κ3) is 3.22. The van der Waals surface area contributed by atoms with E-state index in [9.17, 15) is 9.59 Å². The van der Waals surface area contributed by atoms with Crippen LogP contribution in [0.15, 0.2) is 48.7 Å². The van der Waals surface area contributed by atoms with Crippen LogP contribution in [-0.2, 0) is 4.79 Å². The average Bonchev–Trinajstić information content (AvgIpc) is 2.71. The summed E-state index contributed by atoms with van der Waals surface area (Å²) in [6, 6.07) is 13.6. The number of pyridine rings is 1. The summed E-state index contributed by atoms with van der Waals surface area (Å²) in [5.41, 5.74) is 1.86. The molecule has 140 valence electrons. The van der Waals surface area contributed by atoms with Gasteiger partial charge in [-0.2, -0.15) is 0 Å². The van der Waals surface area contributed by atoms with E-state index in [0.717, 1.165) is 43.5 Å². The number of aryl methyl sites for hydroxylation is 1. The van der Waals surface area contributed by atoms with Crippen LogP contribution in [0.4, 0.5) is 5.69 Å². The highest BCUT2D eigenvalue weighted by Crippen LogP contribution is 2.41. The zero-order valence-electron chi connectivity index (χ0n) is 15.7. The van der Waals surface area contributed by atoms with Gasteiger partial charge in [0.1, 0.15) is 5.69 Å². The van der Waals surface area contributed by atoms with E-state index >= 15 is 0 Å². The number of aromatic nitrogens is 1. The van der Waals surface area contributed by atoms with Crippen LogP contribution in [0.25, 0.3) is 0 Å². The van der Waals surface area contributed by atoms with Gasteiger partial charge in [0.2, 0.25) is 5.91 Å². The number of hydrogen-bond donors (Lipinski definition) is 0. The molecule has 1 atom stereocenters. The highest BCUT2D eigenvalue weighted by atomic mass is 16.2. The summed E-state index contributed by atoms with van der Waals surface area (Å²) in [6.07, 6.45) is 5.17. The summed E-state index contributed by atoms with van der Waals surface area (Å²) in [5, 5.41) is 0. The van der Waals surface area contributed by atoms with Crippen LogP contribution in [0.2, 0.25) is 0 Å². The SMILES string of the molecule is Cc1cccnc1C(=O)N1CCCC2(CCCN(c3ccccc3)C2=O)C1. The second-order valence-corrected chi connectivity index (χ2v) is 7.68. The van der Waals surface area contributed by atoms with Crippen molar-refractivity contribution in [3.8, 4) is 0 Å². The van der Waals surface area contributed by atoms with Crippen molar-refractivity contribution in [2.45, 2.75) is 32.6 Å². The molecule has 5 nitrogen and oxygen atoms in total. The van der Waals surface area contributed by atoms with E-state index in [1.54, 1.807) is 6.20 Å². The van der Waals surface area contributed by atoms with E-state index < -0.39 is 5.41 Å². The fourth-order valence-electron chi connectivity index (χ4n) is 4.47. The van der Waals surface area contributed by atoms with Gasteiger partial charge in [-0.15, -0.1) is 0 Å². The highest BCUT2D eigenvalue weighted by Gasteiger charge is 2.47. The molecule has 1 aromatic carbocycles. The molecule has 2 aliphatic heterocycles. The number of hydrogen-bond acceptors (Lipinski definition) is 3. The van der Waals surface area contributed by atoms with Gasteiger partial charge in [-0.1, -0.05) is 24.3 Å². The fourth-order valence-corrected chi connectivity index (χ4v) is 4.47. The molecule has 0 radical (unpaired) electrons. The number of para-hydroxylation sites is 1. The summed E-state index contributed by atoms with van der Waals surface area (Å²) in [6.45, 7) is 3.83. The lowest BCUT2D eigenvalue weighted by molar-refractivity contribution is -0.133. The minimum atomic E-state index is -0.468. The Kier molecular flexibility index (Phi) is 4.68. The summed E-state index contributed by atoms with van der Waals surface area (Å²) in [5.74, 6) is 0.104. The van der Waals surface area contributed by atoms with Gasteiger partial charge < -0.3 is 9.80 Å². The van der Waals surface area contributed by atoms with Gasteiger partial charge in [0.05, 0.1) is 5.41 Å². The number of carbonyl (C=O) groups excluding carboxylic acids is 2. The van der Waals surface area contributed by atoms with Crippen molar-refractivity contribution < 1.29 is 9.59 Å². The van der Waals surface area contributed by atoms with E-state index in [1.807, 2.05) is 59.2 Å². The fraction of sp³-hybridized carbons (Fsp3) is 0.409. The standard InChI is InChI=1S/C22H25N3O2/c1-17-8-5-13-23-19(17)20(26)24-14-6-11-22(16-24)12-7-15-25(21(22)27)18-9-3-2-4-10-18/h2-5,8-10,13H,6-7,11-12,14-16H2,1H3. The Balaban J connectivity index is 1.59. The molecular formula is C22H25N3O2. The number of piperidine rings is 2. The molecule has 2 fully saturated rings. The van der Waals surface area contributed by atoms with Crippen LogP contribution in [0.5, 0.6) is 0 Å². The average molecular weight is 363 g/mol. The third-order valence-electron chi connectivity index (χ3n) is 5.88. The summed E-state index contributed by atoms with van der Waals surface area (Å²) >= 11 is 0. The number of rotatable bonds is 2. The maximum absolute atomic E-state index is 13.4. The summed E-state index contributed by atoms with van der Waals surface area (Å²) in [4.78, 5) is 34.5. The van der Waals surface area contributed by atoms with Crippen LogP contribution in [-0.4, -0.2) is 41.3 Å². The van der Waals surface area contributed by atoms with Gasteiger partial charge in [0.15, 0.2) is 0 Å². The molecule has 0 bridgehead atoms. The van der Waals surface area contributed by atoms with Crippen molar-refractivity contribution in [2.24, 2.45) is 5.41 Å². The summed E-state index contributed by atoms with van der Waals surface area (Å²) < 4.78 is 0. The first-order chi connectivity index (χ1) is 13.1. The molecule has 1 unspecified atom stereocenters. The van der Waals surface area contributed by atoms with Crippen molar-refractivity contribution >= 4 is 17.5 Å². The lowest BCUT2D eigenvalue weighted by Crippen LogP contribution is -2.57. The van der Waals surface area contributed by atoms with Gasteiger partial charge >= 0.3 is 0 Å². The third-order valence-corrected chi connectivity index (χ3v) is 5.88. The molecular weight excluding hydrogens is 338 g/mol. The number of anilines is 1. The van der Waals surface area contributed by atoms with Crippen molar-refractivity contribution in [2.75, 3.05) is 24.5 Å². The van der Waals surface area contributed by atoms with Crippen molar-refractivity contribution in [1.29, 1.82) is 0 Å². The van der Waals surface area contributed by atoms with E-state index in [-0.39, 0.29) is 11.8 Å². The van der Waals surface area contributed by atoms with Crippen molar-refractivity contribution in [3.05, 3.63) is 59.9 Å². The number of benzene rings is 1. The quantitative estimate of drug-likeness (QED) is 0.821. The second-order valence-electron chi connectivity index (χ2n) is 7.68. The van der Waals surface area contributed by atoms with E-state index in [2.05, 4.69) is 4.98 Å². The van der Waals surface area contributed by atoms with Crippen molar-refractivity contribution in [1.82, 2.24) is 9.88 Å². The Morgan fingerprint density at radius 3 is 2.52 bits per heavy atom. The lowest BCUT2D eigenvalue weighted by atomic mass is 9.72. The van der Waals surface area contributed by atoms with E-state index in [0.29, 0.717) is 18.8 Å². The zero-order valence-corrected chi connectivity index (χ0v) is 15.7. The molecule has 1 spiro atoms. The van der Waals surface area contributed by atoms with Gasteiger partial charge in [0.25, 0.3) is 5.91 Å². The van der Waals surface area contributed by atoms with Crippen LogP contribution in [0.3, 0.4) is 0 Å². The first kappa shape index (κ1) is 17.7. The Hall–Kier alpha value is -2.69. The Bertz CT molecular complexity index is 848. The van der Waals surface area contributed by atoms with Gasteiger partial charge in [-0.25, -0.2) is 0 Å². The van der Waals surface area contributed by atoms with Crippen LogP contribution >= 0.6 is 0 Å². The first-order valence-corrected chi connectivity index (χ1v) is 9.69. The van der Waals surface area contributed by atoms with E-state index in [4.69, 9.17) is 0 Å². The summed E-state index contributed by atoms with van der Waals surface area (Å²) in [7, 11) is 0. The minimum Gasteiger partial charge on any atom is -0.336 e. The number of nitrogens with zero attached hydrogens (tertiary/aromatic N) is 3. The monoisotopic (exact) mass is 363 g/mol. The first-order valence-electron chi connectivity index (χ1n) is 9.69.